The average molecular weight is 423 g/mol. The quantitative estimate of drug-likeness (QED) is 0.572. The lowest BCUT2D eigenvalue weighted by atomic mass is 9.77. The Morgan fingerprint density at radius 2 is 1.77 bits per heavy atom. The van der Waals surface area contributed by atoms with Crippen molar-refractivity contribution in [3.8, 4) is 5.69 Å². The smallest absolute Gasteiger partial charge is 0.151 e. The number of aryl methyl sites for hydroxylation is 2. The van der Waals surface area contributed by atoms with Gasteiger partial charge >= 0.3 is 0 Å². The van der Waals surface area contributed by atoms with Gasteiger partial charge < -0.3 is 0 Å². The Morgan fingerprint density at radius 1 is 1.03 bits per heavy atom. The van der Waals surface area contributed by atoms with Crippen LogP contribution in [0.2, 0.25) is 0 Å². The van der Waals surface area contributed by atoms with Gasteiger partial charge in [-0.05, 0) is 69.8 Å². The number of alkyl halides is 1. The van der Waals surface area contributed by atoms with Crippen LogP contribution in [0, 0.1) is 13.8 Å². The summed E-state index contributed by atoms with van der Waals surface area (Å²) in [6, 6.07) is 8.70. The molecule has 6 nitrogen and oxygen atoms in total. The first kappa shape index (κ1) is 19.6. The maximum absolute atomic E-state index is 7.23. The number of fused-ring (bicyclic) bond motifs is 3. The monoisotopic (exact) mass is 422 g/mol. The van der Waals surface area contributed by atoms with Crippen molar-refractivity contribution < 1.29 is 0 Å². The Bertz CT molecular complexity index is 1060. The molecule has 0 radical (unpaired) electrons. The van der Waals surface area contributed by atoms with Crippen molar-refractivity contribution in [3.63, 3.8) is 0 Å². The highest BCUT2D eigenvalue weighted by atomic mass is 35.5. The fraction of sp³-hybridized carbons (Fsp3) is 0.478. The highest BCUT2D eigenvalue weighted by Gasteiger charge is 2.37. The van der Waals surface area contributed by atoms with Gasteiger partial charge in [-0.3, -0.25) is 9.47 Å². The minimum Gasteiger partial charge on any atom is -0.295 e. The van der Waals surface area contributed by atoms with E-state index in [1.54, 1.807) is 6.33 Å². The van der Waals surface area contributed by atoms with Crippen LogP contribution in [0.3, 0.4) is 0 Å². The fourth-order valence-electron chi connectivity index (χ4n) is 4.94. The minimum absolute atomic E-state index is 0.328. The van der Waals surface area contributed by atoms with E-state index in [1.165, 1.54) is 11.1 Å². The van der Waals surface area contributed by atoms with Gasteiger partial charge in [0.05, 0.1) is 17.1 Å². The molecule has 156 valence electrons. The molecule has 2 aromatic heterocycles. The fourth-order valence-corrected chi connectivity index (χ4v) is 5.28. The third-order valence-electron chi connectivity index (χ3n) is 6.47. The molecule has 0 spiro atoms. The van der Waals surface area contributed by atoms with Gasteiger partial charge in [0.15, 0.2) is 5.82 Å². The third-order valence-corrected chi connectivity index (χ3v) is 7.07. The number of halogens is 1. The van der Waals surface area contributed by atoms with Crippen molar-refractivity contribution in [2.75, 3.05) is 7.05 Å². The zero-order chi connectivity index (χ0) is 20.9. The van der Waals surface area contributed by atoms with Crippen LogP contribution in [0.5, 0.6) is 0 Å². The molecular formula is C23H27ClN6. The Balaban J connectivity index is 1.40. The molecule has 3 aromatic rings. The first-order valence-corrected chi connectivity index (χ1v) is 11.0. The van der Waals surface area contributed by atoms with Crippen molar-refractivity contribution in [1.82, 2.24) is 29.6 Å². The molecule has 30 heavy (non-hydrogen) atoms. The van der Waals surface area contributed by atoms with Crippen LogP contribution in [0.15, 0.2) is 30.6 Å². The number of aromatic nitrogens is 5. The molecular weight excluding hydrogens is 396 g/mol. The van der Waals surface area contributed by atoms with Gasteiger partial charge in [0, 0.05) is 23.9 Å². The molecule has 1 aliphatic carbocycles. The van der Waals surface area contributed by atoms with Crippen LogP contribution < -0.4 is 0 Å². The average Bonchev–Trinajstić information content (AvgIpc) is 3.10. The summed E-state index contributed by atoms with van der Waals surface area (Å²) in [5, 5.41) is 8.38. The van der Waals surface area contributed by atoms with Crippen LogP contribution >= 0.6 is 11.6 Å². The first-order valence-electron chi connectivity index (χ1n) is 10.6. The topological polar surface area (TPSA) is 59.7 Å². The van der Waals surface area contributed by atoms with E-state index < -0.39 is 0 Å². The SMILES string of the molecule is Cc1cc(C)nc(C2CCC(Cl)(c3ccc4c(c3)CN(C)Cc3nncn3-4)CC2)n1. The van der Waals surface area contributed by atoms with Gasteiger partial charge in [0.1, 0.15) is 12.2 Å². The maximum Gasteiger partial charge on any atom is 0.151 e. The molecule has 0 bridgehead atoms. The van der Waals surface area contributed by atoms with E-state index >= 15 is 0 Å². The number of hydrogen-bond donors (Lipinski definition) is 0. The van der Waals surface area contributed by atoms with Crippen molar-refractivity contribution in [2.45, 2.75) is 63.4 Å². The summed E-state index contributed by atoms with van der Waals surface area (Å²) in [7, 11) is 2.12. The van der Waals surface area contributed by atoms with Crippen LogP contribution in [0.4, 0.5) is 0 Å². The lowest BCUT2D eigenvalue weighted by Crippen LogP contribution is -2.27. The molecule has 1 saturated carbocycles. The predicted octanol–water partition coefficient (Wildman–Crippen LogP) is 4.41. The van der Waals surface area contributed by atoms with E-state index in [1.807, 2.05) is 19.9 Å². The molecule has 0 atom stereocenters. The molecule has 0 saturated heterocycles. The molecule has 1 fully saturated rings. The normalized spacial score (nSPS) is 24.2. The number of rotatable bonds is 2. The lowest BCUT2D eigenvalue weighted by Gasteiger charge is -2.36. The summed E-state index contributed by atoms with van der Waals surface area (Å²) in [5.41, 5.74) is 5.73. The first-order chi connectivity index (χ1) is 14.4. The molecule has 0 unspecified atom stereocenters. The summed E-state index contributed by atoms with van der Waals surface area (Å²) in [5.74, 6) is 2.34. The van der Waals surface area contributed by atoms with Gasteiger partial charge in [0.2, 0.25) is 0 Å². The highest BCUT2D eigenvalue weighted by Crippen LogP contribution is 2.47. The molecule has 7 heteroatoms. The Kier molecular flexibility index (Phi) is 4.86. The molecule has 1 aromatic carbocycles. The maximum atomic E-state index is 7.23. The molecule has 2 aliphatic rings. The van der Waals surface area contributed by atoms with Crippen molar-refractivity contribution in [2.24, 2.45) is 0 Å². The standard InChI is InChI=1S/C23H27ClN6/c1-15-10-16(2)27-22(26-15)17-6-8-23(24,9-7-17)19-4-5-20-18(11-19)12-29(3)13-21-28-25-14-30(20)21/h4-5,10-11,14,17H,6-9,12-13H2,1-3H3. The van der Waals surface area contributed by atoms with Crippen LogP contribution in [0.25, 0.3) is 5.69 Å². The molecule has 0 amide bonds. The van der Waals surface area contributed by atoms with Crippen LogP contribution in [-0.4, -0.2) is 36.7 Å². The summed E-state index contributed by atoms with van der Waals surface area (Å²) in [6.45, 7) is 5.74. The zero-order valence-corrected chi connectivity index (χ0v) is 18.5. The third kappa shape index (κ3) is 3.52. The summed E-state index contributed by atoms with van der Waals surface area (Å²) in [6.07, 6.45) is 5.70. The Hall–Kier alpha value is -2.31. The second-order valence-electron chi connectivity index (χ2n) is 8.88. The van der Waals surface area contributed by atoms with Crippen LogP contribution in [-0.2, 0) is 18.0 Å². The highest BCUT2D eigenvalue weighted by molar-refractivity contribution is 6.24. The van der Waals surface area contributed by atoms with Gasteiger partial charge in [-0.1, -0.05) is 12.1 Å². The Labute approximate surface area is 182 Å². The van der Waals surface area contributed by atoms with E-state index in [4.69, 9.17) is 21.6 Å². The predicted molar refractivity (Wildman–Crippen MR) is 117 cm³/mol. The van der Waals surface area contributed by atoms with E-state index in [-0.39, 0.29) is 4.87 Å². The molecule has 0 N–H and O–H groups in total. The molecule has 3 heterocycles. The Morgan fingerprint density at radius 3 is 2.50 bits per heavy atom. The van der Waals surface area contributed by atoms with Gasteiger partial charge in [-0.15, -0.1) is 21.8 Å². The van der Waals surface area contributed by atoms with Crippen molar-refractivity contribution in [1.29, 1.82) is 0 Å². The van der Waals surface area contributed by atoms with E-state index in [9.17, 15) is 0 Å². The second-order valence-corrected chi connectivity index (χ2v) is 9.60. The number of benzene rings is 1. The lowest BCUT2D eigenvalue weighted by molar-refractivity contribution is 0.314. The minimum atomic E-state index is -0.328. The number of nitrogens with zero attached hydrogens (tertiary/aromatic N) is 6. The molecule has 1 aliphatic heterocycles. The zero-order valence-electron chi connectivity index (χ0n) is 17.8. The van der Waals surface area contributed by atoms with E-state index in [0.717, 1.165) is 67.5 Å². The summed E-state index contributed by atoms with van der Waals surface area (Å²) >= 11 is 7.23. The second kappa shape index (κ2) is 7.43. The van der Waals surface area contributed by atoms with Gasteiger partial charge in [0.25, 0.3) is 0 Å². The van der Waals surface area contributed by atoms with Crippen LogP contribution in [0.1, 0.15) is 65.8 Å². The van der Waals surface area contributed by atoms with E-state index in [2.05, 4.69) is 44.9 Å². The van der Waals surface area contributed by atoms with Gasteiger partial charge in [-0.2, -0.15) is 0 Å². The van der Waals surface area contributed by atoms with E-state index in [0.29, 0.717) is 5.92 Å². The summed E-state index contributed by atoms with van der Waals surface area (Å²) < 4.78 is 2.10. The van der Waals surface area contributed by atoms with Gasteiger partial charge in [-0.25, -0.2) is 9.97 Å². The summed E-state index contributed by atoms with van der Waals surface area (Å²) in [4.78, 5) is 11.3. The molecule has 5 rings (SSSR count). The largest absolute Gasteiger partial charge is 0.295 e. The number of hydrogen-bond acceptors (Lipinski definition) is 5. The van der Waals surface area contributed by atoms with Crippen molar-refractivity contribution in [3.05, 3.63) is 64.8 Å². The van der Waals surface area contributed by atoms with Crippen molar-refractivity contribution >= 4 is 11.6 Å².